The van der Waals surface area contributed by atoms with Crippen LogP contribution in [0.2, 0.25) is 0 Å². The van der Waals surface area contributed by atoms with Gasteiger partial charge in [0.1, 0.15) is 6.10 Å². The van der Waals surface area contributed by atoms with E-state index in [1.807, 2.05) is 0 Å². The van der Waals surface area contributed by atoms with Crippen molar-refractivity contribution in [1.29, 1.82) is 0 Å². The lowest BCUT2D eigenvalue weighted by Crippen LogP contribution is -2.51. The second kappa shape index (κ2) is 5.25. The number of nitrogens with one attached hydrogen (secondary N) is 1. The summed E-state index contributed by atoms with van der Waals surface area (Å²) >= 11 is 0. The molecule has 0 radical (unpaired) electrons. The van der Waals surface area contributed by atoms with Crippen molar-refractivity contribution in [3.63, 3.8) is 0 Å². The van der Waals surface area contributed by atoms with E-state index >= 15 is 0 Å². The van der Waals surface area contributed by atoms with Gasteiger partial charge in [-0.1, -0.05) is 0 Å². The van der Waals surface area contributed by atoms with Crippen molar-refractivity contribution < 1.29 is 20.1 Å². The minimum absolute atomic E-state index is 0.00398. The molecule has 0 saturated carbocycles. The van der Waals surface area contributed by atoms with Crippen molar-refractivity contribution in [2.75, 3.05) is 13.2 Å². The van der Waals surface area contributed by atoms with Crippen LogP contribution in [0.25, 0.3) is 0 Å². The molecule has 0 aliphatic carbocycles. The van der Waals surface area contributed by atoms with Crippen molar-refractivity contribution in [3.8, 4) is 0 Å². The van der Waals surface area contributed by atoms with Crippen molar-refractivity contribution in [2.24, 2.45) is 5.92 Å². The van der Waals surface area contributed by atoms with Crippen LogP contribution in [0.3, 0.4) is 0 Å². The first-order valence-corrected chi connectivity index (χ1v) is 5.86. The van der Waals surface area contributed by atoms with Gasteiger partial charge in [0, 0.05) is 17.7 Å². The summed E-state index contributed by atoms with van der Waals surface area (Å²) in [5.41, 5.74) is -0.955. The number of aromatic amines is 1. The highest BCUT2D eigenvalue weighted by Crippen LogP contribution is 2.26. The highest BCUT2D eigenvalue weighted by atomic mass is 16.5. The van der Waals surface area contributed by atoms with Gasteiger partial charge in [-0.25, -0.2) is 4.79 Å². The molecule has 2 heterocycles. The van der Waals surface area contributed by atoms with Crippen molar-refractivity contribution in [1.82, 2.24) is 9.55 Å². The van der Waals surface area contributed by atoms with Gasteiger partial charge in [-0.15, -0.1) is 0 Å². The zero-order valence-corrected chi connectivity index (χ0v) is 10.3. The molecular weight excluding hydrogens is 256 g/mol. The summed E-state index contributed by atoms with van der Waals surface area (Å²) in [5, 5.41) is 28.7. The Hall–Kier alpha value is -1.48. The van der Waals surface area contributed by atoms with Crippen LogP contribution in [0.4, 0.5) is 0 Å². The van der Waals surface area contributed by atoms with Gasteiger partial charge in [-0.3, -0.25) is 14.3 Å². The van der Waals surface area contributed by atoms with Crippen LogP contribution in [0.1, 0.15) is 11.8 Å². The summed E-state index contributed by atoms with van der Waals surface area (Å²) in [6, 6.07) is 0. The van der Waals surface area contributed by atoms with E-state index in [4.69, 9.17) is 9.84 Å². The van der Waals surface area contributed by atoms with Crippen molar-refractivity contribution in [2.45, 2.75) is 25.4 Å². The molecule has 4 atom stereocenters. The number of rotatable bonds is 2. The molecule has 1 aliphatic heterocycles. The van der Waals surface area contributed by atoms with E-state index in [1.165, 1.54) is 13.1 Å². The molecule has 1 aromatic heterocycles. The van der Waals surface area contributed by atoms with Gasteiger partial charge in [0.25, 0.3) is 5.56 Å². The van der Waals surface area contributed by atoms with Crippen molar-refractivity contribution >= 4 is 0 Å². The Morgan fingerprint density at radius 3 is 2.74 bits per heavy atom. The number of aliphatic hydroxyl groups excluding tert-OH is 3. The molecule has 1 aromatic rings. The number of nitrogens with zero attached hydrogens (tertiary/aromatic N) is 1. The molecule has 8 nitrogen and oxygen atoms in total. The Bertz CT molecular complexity index is 565. The van der Waals surface area contributed by atoms with E-state index in [1.54, 1.807) is 0 Å². The van der Waals surface area contributed by atoms with Crippen LogP contribution in [0, 0.1) is 12.8 Å². The minimum atomic E-state index is -1.37. The number of H-pyrrole nitrogens is 1. The second-order valence-electron chi connectivity index (χ2n) is 4.63. The van der Waals surface area contributed by atoms with Gasteiger partial charge in [0.2, 0.25) is 0 Å². The van der Waals surface area contributed by atoms with Crippen molar-refractivity contribution in [3.05, 3.63) is 32.6 Å². The highest BCUT2D eigenvalue weighted by Gasteiger charge is 2.39. The molecule has 0 aromatic carbocycles. The lowest BCUT2D eigenvalue weighted by molar-refractivity contribution is -0.199. The second-order valence-corrected chi connectivity index (χ2v) is 4.63. The first kappa shape index (κ1) is 13.9. The Balaban J connectivity index is 2.35. The van der Waals surface area contributed by atoms with Gasteiger partial charge < -0.3 is 20.1 Å². The molecule has 1 fully saturated rings. The number of hydrogen-bond donors (Lipinski definition) is 4. The first-order valence-electron chi connectivity index (χ1n) is 5.86. The predicted molar refractivity (Wildman–Crippen MR) is 63.6 cm³/mol. The van der Waals surface area contributed by atoms with Crippen LogP contribution in [-0.2, 0) is 4.74 Å². The summed E-state index contributed by atoms with van der Waals surface area (Å²) in [7, 11) is 0. The summed E-state index contributed by atoms with van der Waals surface area (Å²) in [6.07, 6.45) is -2.40. The standard InChI is InChI=1S/C11H16N2O6/c1-5-2-13(11(18)12-9(5)17)10-8(16)7(15)6(3-14)4-19-10/h2,6-8,10,14-16H,3-4H2,1H3,(H,12,17,18)/t6-,7-,8-,10-/m1/s1. The maximum atomic E-state index is 11.7. The van der Waals surface area contributed by atoms with Crippen LogP contribution in [0.5, 0.6) is 0 Å². The van der Waals surface area contributed by atoms with E-state index < -0.39 is 35.6 Å². The Kier molecular flexibility index (Phi) is 3.85. The molecular formula is C11H16N2O6. The molecule has 0 unspecified atom stereocenters. The molecule has 4 N–H and O–H groups in total. The first-order chi connectivity index (χ1) is 8.95. The fourth-order valence-electron chi connectivity index (χ4n) is 2.05. The zero-order chi connectivity index (χ0) is 14.2. The van der Waals surface area contributed by atoms with Crippen LogP contribution in [0.15, 0.2) is 15.8 Å². The van der Waals surface area contributed by atoms with E-state index in [-0.39, 0.29) is 18.8 Å². The van der Waals surface area contributed by atoms with E-state index in [0.717, 1.165) is 4.57 Å². The average Bonchev–Trinajstić information content (AvgIpc) is 2.37. The molecule has 8 heteroatoms. The fraction of sp³-hybridized carbons (Fsp3) is 0.636. The number of aliphatic hydroxyl groups is 3. The Morgan fingerprint density at radius 2 is 2.11 bits per heavy atom. The number of aromatic nitrogens is 2. The monoisotopic (exact) mass is 272 g/mol. The maximum Gasteiger partial charge on any atom is 0.330 e. The molecule has 2 rings (SSSR count). The molecule has 19 heavy (non-hydrogen) atoms. The molecule has 0 spiro atoms. The number of ether oxygens (including phenoxy) is 1. The third-order valence-corrected chi connectivity index (χ3v) is 3.26. The predicted octanol–water partition coefficient (Wildman–Crippen LogP) is -2.30. The largest absolute Gasteiger partial charge is 0.396 e. The molecule has 0 amide bonds. The normalized spacial score (nSPS) is 31.4. The smallest absolute Gasteiger partial charge is 0.330 e. The summed E-state index contributed by atoms with van der Waals surface area (Å²) in [6.45, 7) is 1.19. The molecule has 106 valence electrons. The van der Waals surface area contributed by atoms with Gasteiger partial charge in [-0.05, 0) is 6.92 Å². The Morgan fingerprint density at radius 1 is 1.42 bits per heavy atom. The van der Waals surface area contributed by atoms with E-state index in [0.29, 0.717) is 0 Å². The molecule has 1 saturated heterocycles. The number of hydrogen-bond acceptors (Lipinski definition) is 6. The topological polar surface area (TPSA) is 125 Å². The van der Waals surface area contributed by atoms with Crippen LogP contribution >= 0.6 is 0 Å². The summed E-state index contributed by atoms with van der Waals surface area (Å²) < 4.78 is 6.32. The SMILES string of the molecule is Cc1cn([C@@H]2OC[C@@H](CO)[C@@H](O)[C@H]2O)c(=O)[nH]c1=O. The summed E-state index contributed by atoms with van der Waals surface area (Å²) in [5.74, 6) is -0.606. The molecule has 1 aliphatic rings. The third-order valence-electron chi connectivity index (χ3n) is 3.26. The summed E-state index contributed by atoms with van der Waals surface area (Å²) in [4.78, 5) is 25.0. The van der Waals surface area contributed by atoms with Crippen LogP contribution < -0.4 is 11.2 Å². The lowest BCUT2D eigenvalue weighted by atomic mass is 9.95. The number of aryl methyl sites for hydroxylation is 1. The van der Waals surface area contributed by atoms with E-state index in [9.17, 15) is 19.8 Å². The third kappa shape index (κ3) is 2.47. The van der Waals surface area contributed by atoms with Gasteiger partial charge in [0.15, 0.2) is 6.23 Å². The zero-order valence-electron chi connectivity index (χ0n) is 10.3. The van der Waals surface area contributed by atoms with E-state index in [2.05, 4.69) is 4.98 Å². The lowest BCUT2D eigenvalue weighted by Gasteiger charge is -2.37. The van der Waals surface area contributed by atoms with Crippen LogP contribution in [-0.4, -0.2) is 50.3 Å². The fourth-order valence-corrected chi connectivity index (χ4v) is 2.05. The quantitative estimate of drug-likeness (QED) is 0.480. The molecule has 0 bridgehead atoms. The highest BCUT2D eigenvalue weighted by molar-refractivity contribution is 5.02. The van der Waals surface area contributed by atoms with Gasteiger partial charge >= 0.3 is 5.69 Å². The average molecular weight is 272 g/mol. The Labute approximate surface area is 107 Å². The van der Waals surface area contributed by atoms with Gasteiger partial charge in [-0.2, -0.15) is 0 Å². The maximum absolute atomic E-state index is 11.7. The van der Waals surface area contributed by atoms with Gasteiger partial charge in [0.05, 0.1) is 19.3 Å². The minimum Gasteiger partial charge on any atom is -0.396 e.